The van der Waals surface area contributed by atoms with E-state index in [2.05, 4.69) is 42.8 Å². The van der Waals surface area contributed by atoms with Crippen molar-refractivity contribution in [3.05, 3.63) is 125 Å². The lowest BCUT2D eigenvalue weighted by atomic mass is 9.88. The van der Waals surface area contributed by atoms with Gasteiger partial charge in [0.25, 0.3) is 5.91 Å². The third-order valence-electron chi connectivity index (χ3n) is 14.3. The number of carbonyl (C=O) groups excluding carboxylic acids is 4. The van der Waals surface area contributed by atoms with Crippen molar-refractivity contribution in [3.8, 4) is 16.9 Å². The minimum atomic E-state index is -4.85. The van der Waals surface area contributed by atoms with E-state index in [9.17, 15) is 42.3 Å². The lowest BCUT2D eigenvalue weighted by Gasteiger charge is -2.37. The van der Waals surface area contributed by atoms with Crippen molar-refractivity contribution in [1.82, 2.24) is 30.0 Å². The lowest BCUT2D eigenvalue weighted by molar-refractivity contribution is -0.137. The molecule has 10 rings (SSSR count). The maximum Gasteiger partial charge on any atom is 0.417 e. The second-order valence-corrected chi connectivity index (χ2v) is 20.2. The van der Waals surface area contributed by atoms with E-state index in [4.69, 9.17) is 4.74 Å². The number of carboxylic acid groups (broad SMARTS) is 1. The number of carboxylic acids is 1. The summed E-state index contributed by atoms with van der Waals surface area (Å²) in [6.45, 7) is 3.78. The highest BCUT2D eigenvalue weighted by molar-refractivity contribution is 7.22. The van der Waals surface area contributed by atoms with Gasteiger partial charge < -0.3 is 20.1 Å². The first kappa shape index (κ1) is 49.9. The van der Waals surface area contributed by atoms with Gasteiger partial charge in [-0.15, -0.1) is 0 Å². The molecule has 382 valence electrons. The first-order chi connectivity index (χ1) is 35.6. The van der Waals surface area contributed by atoms with Crippen molar-refractivity contribution >= 4 is 78.7 Å². The number of piperidine rings is 2. The number of halogens is 3. The van der Waals surface area contributed by atoms with Gasteiger partial charge in [0.1, 0.15) is 11.6 Å². The summed E-state index contributed by atoms with van der Waals surface area (Å²) in [4.78, 5) is 76.6. The molecule has 0 radical (unpaired) electrons. The van der Waals surface area contributed by atoms with Crippen molar-refractivity contribution in [2.75, 3.05) is 41.8 Å². The summed E-state index contributed by atoms with van der Waals surface area (Å²) in [5.74, 6) is -2.62. The van der Waals surface area contributed by atoms with Gasteiger partial charge in [0.2, 0.25) is 17.7 Å². The maximum absolute atomic E-state index is 14.8. The number of hydrogen-bond donors (Lipinski definition) is 4. The van der Waals surface area contributed by atoms with Crippen molar-refractivity contribution in [2.24, 2.45) is 13.0 Å². The third-order valence-corrected chi connectivity index (χ3v) is 15.2. The molecule has 0 bridgehead atoms. The molecular formula is C54H52F3N9O7S. The van der Waals surface area contributed by atoms with Gasteiger partial charge in [-0.2, -0.15) is 18.3 Å². The number of anilines is 3. The molecule has 7 aromatic rings. The second-order valence-electron chi connectivity index (χ2n) is 19.1. The molecule has 16 nitrogen and oxygen atoms in total. The fourth-order valence-corrected chi connectivity index (χ4v) is 11.4. The number of ether oxygens (including phenoxy) is 1. The number of fused-ring (bicyclic) bond motifs is 3. The monoisotopic (exact) mass is 1030 g/mol. The number of amides is 4. The van der Waals surface area contributed by atoms with Gasteiger partial charge >= 0.3 is 12.1 Å². The van der Waals surface area contributed by atoms with Gasteiger partial charge in [-0.1, -0.05) is 41.7 Å². The van der Waals surface area contributed by atoms with Crippen LogP contribution >= 0.6 is 11.3 Å². The van der Waals surface area contributed by atoms with E-state index >= 15 is 0 Å². The number of para-hydroxylation sites is 1. The van der Waals surface area contributed by atoms with Crippen molar-refractivity contribution in [1.29, 1.82) is 0 Å². The molecule has 3 aliphatic rings. The zero-order valence-electron chi connectivity index (χ0n) is 40.5. The van der Waals surface area contributed by atoms with Crippen LogP contribution in [-0.4, -0.2) is 91.6 Å². The Hall–Kier alpha value is -7.71. The number of aromatic carboxylic acids is 1. The molecule has 4 N–H and O–H groups in total. The molecule has 3 aliphatic heterocycles. The Labute approximate surface area is 426 Å². The van der Waals surface area contributed by atoms with Gasteiger partial charge in [0.15, 0.2) is 10.8 Å². The minimum Gasteiger partial charge on any atom is -0.494 e. The average molecular weight is 1030 g/mol. The number of imide groups is 1. The lowest BCUT2D eigenvalue weighted by Crippen LogP contribution is -2.44. The van der Waals surface area contributed by atoms with Gasteiger partial charge in [-0.05, 0) is 135 Å². The summed E-state index contributed by atoms with van der Waals surface area (Å²) in [7, 11) is 1.77. The van der Waals surface area contributed by atoms with Gasteiger partial charge in [0.05, 0.1) is 46.1 Å². The summed E-state index contributed by atoms with van der Waals surface area (Å²) in [5.41, 5.74) is 2.68. The van der Waals surface area contributed by atoms with E-state index in [0.29, 0.717) is 60.3 Å². The van der Waals surface area contributed by atoms with Crippen molar-refractivity contribution in [2.45, 2.75) is 76.6 Å². The predicted octanol–water partition coefficient (Wildman–Crippen LogP) is 9.20. The Morgan fingerprint density at radius 3 is 2.53 bits per heavy atom. The number of pyridine rings is 1. The van der Waals surface area contributed by atoms with Crippen LogP contribution in [0.5, 0.6) is 5.75 Å². The Morgan fingerprint density at radius 2 is 1.74 bits per heavy atom. The van der Waals surface area contributed by atoms with Crippen LogP contribution in [0.15, 0.2) is 91.0 Å². The van der Waals surface area contributed by atoms with E-state index in [1.54, 1.807) is 23.9 Å². The number of thiazole rings is 1. The second kappa shape index (κ2) is 20.7. The number of carbonyl (C=O) groups is 5. The third kappa shape index (κ3) is 10.5. The SMILES string of the molecule is C[C@H]1C[C@@H](CCCOc2ccc(-c3ccc(N4CCc5cccc(C(=O)Nc6nc7ccccc7s6)c5C4)nc3C(=O)O)c(C(F)(F)F)c2)CCN1CC(=O)Nc1ccc2c(C3CCC(=O)NC3=O)nn(C)c2c1. The molecule has 0 spiro atoms. The highest BCUT2D eigenvalue weighted by atomic mass is 32.1. The van der Waals surface area contributed by atoms with Crippen LogP contribution in [0.1, 0.15) is 94.6 Å². The van der Waals surface area contributed by atoms with Crippen LogP contribution in [0.3, 0.4) is 0 Å². The number of likely N-dealkylation sites (tertiary alicyclic amines) is 1. The van der Waals surface area contributed by atoms with Crippen molar-refractivity contribution in [3.63, 3.8) is 0 Å². The summed E-state index contributed by atoms with van der Waals surface area (Å²) in [5, 5.41) is 24.4. The fraction of sp³-hybridized carbons (Fsp3) is 0.333. The molecule has 74 heavy (non-hydrogen) atoms. The number of alkyl halides is 3. The number of hydrogen-bond acceptors (Lipinski definition) is 12. The van der Waals surface area contributed by atoms with Gasteiger partial charge in [-0.25, -0.2) is 14.8 Å². The number of aryl methyl sites for hydroxylation is 1. The average Bonchev–Trinajstić information content (AvgIpc) is 3.94. The highest BCUT2D eigenvalue weighted by Gasteiger charge is 2.37. The standard InChI is InChI=1S/C54H52F3N9O7S/c1-30-25-31(20-22-65(30)29-47(68)58-33-12-14-38-43(26-33)64(2)63-48(38)39-17-19-46(67)61-51(39)70)7-6-24-73-34-13-15-35(41(27-34)54(55,56)57)36-16-18-45(60-49(36)52(71)72)66-23-21-32-8-5-9-37(40(32)28-66)50(69)62-53-59-42-10-3-4-11-44(42)74-53/h3-5,8-16,18,26-27,30-31,39H,6-7,17,19-25,28-29H2,1-2H3,(H,58,68)(H,71,72)(H,59,62,69)(H,61,67,70)/t30-,31-,39?/m0/s1. The van der Waals surface area contributed by atoms with Crippen LogP contribution in [0.25, 0.3) is 32.2 Å². The quantitative estimate of drug-likeness (QED) is 0.0596. The number of nitrogens with one attached hydrogen (secondary N) is 3. The highest BCUT2D eigenvalue weighted by Crippen LogP contribution is 2.41. The maximum atomic E-state index is 14.8. The first-order valence-corrected chi connectivity index (χ1v) is 25.3. The number of rotatable bonds is 14. The Morgan fingerprint density at radius 1 is 0.919 bits per heavy atom. The van der Waals surface area contributed by atoms with E-state index in [0.717, 1.165) is 57.6 Å². The van der Waals surface area contributed by atoms with Crippen molar-refractivity contribution < 1.29 is 47.0 Å². The molecule has 0 saturated carbocycles. The van der Waals surface area contributed by atoms with E-state index in [-0.39, 0.29) is 78.5 Å². The molecule has 3 atom stereocenters. The Bertz CT molecular complexity index is 3320. The van der Waals surface area contributed by atoms with Crippen LogP contribution in [-0.2, 0) is 40.6 Å². The molecule has 6 heterocycles. The summed E-state index contributed by atoms with van der Waals surface area (Å²) < 4.78 is 52.8. The minimum absolute atomic E-state index is 0.00369. The smallest absolute Gasteiger partial charge is 0.417 e. The number of nitrogens with zero attached hydrogens (tertiary/aromatic N) is 6. The van der Waals surface area contributed by atoms with Crippen LogP contribution in [0.4, 0.5) is 29.8 Å². The molecular weight excluding hydrogens is 976 g/mol. The normalized spacial score (nSPS) is 18.3. The molecule has 20 heteroatoms. The fourth-order valence-electron chi connectivity index (χ4n) is 10.5. The van der Waals surface area contributed by atoms with Crippen LogP contribution < -0.4 is 25.6 Å². The van der Waals surface area contributed by atoms with Crippen LogP contribution in [0, 0.1) is 5.92 Å². The van der Waals surface area contributed by atoms with E-state index in [1.807, 2.05) is 53.4 Å². The van der Waals surface area contributed by atoms with Crippen LogP contribution in [0.2, 0.25) is 0 Å². The molecule has 2 saturated heterocycles. The number of aromatic nitrogens is 4. The molecule has 1 unspecified atom stereocenters. The Balaban J connectivity index is 0.733. The molecule has 4 aromatic carbocycles. The zero-order valence-corrected chi connectivity index (χ0v) is 41.3. The topological polar surface area (TPSA) is 201 Å². The number of benzene rings is 4. The first-order valence-electron chi connectivity index (χ1n) is 24.5. The molecule has 4 amide bonds. The molecule has 0 aliphatic carbocycles. The Kier molecular flexibility index (Phi) is 13.9. The van der Waals surface area contributed by atoms with Gasteiger partial charge in [-0.3, -0.25) is 39.4 Å². The zero-order chi connectivity index (χ0) is 51.8. The van der Waals surface area contributed by atoms with E-state index < -0.39 is 29.3 Å². The molecule has 2 fully saturated rings. The van der Waals surface area contributed by atoms with E-state index in [1.165, 1.54) is 35.6 Å². The predicted molar refractivity (Wildman–Crippen MR) is 273 cm³/mol. The molecule has 3 aromatic heterocycles. The summed E-state index contributed by atoms with van der Waals surface area (Å²) >= 11 is 1.36. The van der Waals surface area contributed by atoms with Gasteiger partial charge in [0, 0.05) is 54.8 Å². The largest absolute Gasteiger partial charge is 0.494 e. The summed E-state index contributed by atoms with van der Waals surface area (Å²) in [6, 6.07) is 24.9. The summed E-state index contributed by atoms with van der Waals surface area (Å²) in [6.07, 6.45) is -0.661.